The Balaban J connectivity index is 0. The summed E-state index contributed by atoms with van der Waals surface area (Å²) in [5, 5.41) is 0. The first-order valence-electron chi connectivity index (χ1n) is 6.34. The quantitative estimate of drug-likeness (QED) is 0.534. The van der Waals surface area contributed by atoms with Crippen molar-refractivity contribution in [1.82, 2.24) is 0 Å². The first-order chi connectivity index (χ1) is 7.60. The third kappa shape index (κ3) is 14.2. The van der Waals surface area contributed by atoms with Crippen LogP contribution in [-0.4, -0.2) is 67.3 Å². The van der Waals surface area contributed by atoms with E-state index in [1.807, 2.05) is 13.8 Å². The maximum atomic E-state index is 10.9. The van der Waals surface area contributed by atoms with Gasteiger partial charge in [0.1, 0.15) is 0 Å². The largest absolute Gasteiger partial charge is 0.469 e. The van der Waals surface area contributed by atoms with Gasteiger partial charge in [0, 0.05) is 51.4 Å². The van der Waals surface area contributed by atoms with E-state index in [9.17, 15) is 4.57 Å². The summed E-state index contributed by atoms with van der Waals surface area (Å²) < 4.78 is 15.8. The summed E-state index contributed by atoms with van der Waals surface area (Å²) in [6, 6.07) is 0. The first-order valence-corrected chi connectivity index (χ1v) is 7.87. The molecule has 0 rings (SSSR count). The molecular formula is C12H27KO4P. The van der Waals surface area contributed by atoms with Gasteiger partial charge in [-0.05, 0) is 37.0 Å². The van der Waals surface area contributed by atoms with Crippen LogP contribution in [0.1, 0.15) is 53.9 Å². The van der Waals surface area contributed by atoms with Crippen molar-refractivity contribution >= 4 is 59.2 Å². The molecule has 0 saturated heterocycles. The maximum absolute atomic E-state index is 10.9. The van der Waals surface area contributed by atoms with Crippen molar-refractivity contribution in [3.63, 3.8) is 0 Å². The second-order valence-electron chi connectivity index (χ2n) is 5.82. The molecule has 0 bridgehead atoms. The Morgan fingerprint density at radius 3 is 1.72 bits per heavy atom. The van der Waals surface area contributed by atoms with Crippen LogP contribution in [0.3, 0.4) is 0 Å². The molecule has 2 N–H and O–H groups in total. The predicted octanol–water partition coefficient (Wildman–Crippen LogP) is 3.20. The minimum absolute atomic E-state index is 0. The van der Waals surface area contributed by atoms with Crippen molar-refractivity contribution in [3.8, 4) is 0 Å². The van der Waals surface area contributed by atoms with E-state index in [-0.39, 0.29) is 57.5 Å². The third-order valence-electron chi connectivity index (χ3n) is 2.56. The van der Waals surface area contributed by atoms with Crippen LogP contribution in [0.5, 0.6) is 0 Å². The van der Waals surface area contributed by atoms with Crippen LogP contribution in [0.4, 0.5) is 0 Å². The number of hydrogen-bond acceptors (Lipinski definition) is 2. The van der Waals surface area contributed by atoms with Crippen molar-refractivity contribution in [2.75, 3.05) is 0 Å². The van der Waals surface area contributed by atoms with Crippen LogP contribution < -0.4 is 0 Å². The van der Waals surface area contributed by atoms with Crippen molar-refractivity contribution in [1.29, 1.82) is 0 Å². The van der Waals surface area contributed by atoms with Gasteiger partial charge in [0.05, 0.1) is 6.10 Å². The fourth-order valence-corrected chi connectivity index (χ4v) is 2.81. The topological polar surface area (TPSA) is 66.8 Å². The molecule has 0 heterocycles. The van der Waals surface area contributed by atoms with Crippen LogP contribution in [0.2, 0.25) is 0 Å². The van der Waals surface area contributed by atoms with E-state index in [4.69, 9.17) is 14.3 Å². The Kier molecular flexibility index (Phi) is 12.8. The molecule has 0 aliphatic carbocycles. The monoisotopic (exact) mass is 305 g/mol. The Labute approximate surface area is 154 Å². The zero-order valence-corrected chi connectivity index (χ0v) is 16.6. The molecule has 0 aromatic heterocycles. The molecule has 2 atom stereocenters. The first kappa shape index (κ1) is 22.0. The van der Waals surface area contributed by atoms with Gasteiger partial charge >= 0.3 is 7.82 Å². The second kappa shape index (κ2) is 10.5. The summed E-state index contributed by atoms with van der Waals surface area (Å²) in [6.07, 6.45) is 2.11. The molecule has 0 aliphatic heterocycles. The minimum Gasteiger partial charge on any atom is -0.303 e. The van der Waals surface area contributed by atoms with Crippen molar-refractivity contribution < 1.29 is 18.9 Å². The zero-order valence-electron chi connectivity index (χ0n) is 12.6. The number of phosphoric acid groups is 1. The van der Waals surface area contributed by atoms with Crippen molar-refractivity contribution in [3.05, 3.63) is 0 Å². The third-order valence-corrected chi connectivity index (χ3v) is 3.13. The molecule has 0 spiro atoms. The molecular weight excluding hydrogens is 278 g/mol. The molecule has 6 heteroatoms. The molecule has 4 nitrogen and oxygen atoms in total. The number of rotatable bonds is 8. The SMILES string of the molecule is CC(C)CC(C)CC(CC(C)C)OP(=O)(O)O.[K]. The number of phosphoric ester groups is 1. The summed E-state index contributed by atoms with van der Waals surface area (Å²) in [6.45, 7) is 10.5. The summed E-state index contributed by atoms with van der Waals surface area (Å²) in [7, 11) is -4.37. The normalized spacial score (nSPS) is 15.6. The molecule has 1 radical (unpaired) electrons. The van der Waals surface area contributed by atoms with Crippen molar-refractivity contribution in [2.45, 2.75) is 60.0 Å². The molecule has 0 aliphatic rings. The molecule has 2 unspecified atom stereocenters. The van der Waals surface area contributed by atoms with Crippen LogP contribution in [0.15, 0.2) is 0 Å². The van der Waals surface area contributed by atoms with E-state index in [0.717, 1.165) is 6.42 Å². The van der Waals surface area contributed by atoms with E-state index < -0.39 is 7.82 Å². The Morgan fingerprint density at radius 1 is 0.944 bits per heavy atom. The molecule has 105 valence electrons. The van der Waals surface area contributed by atoms with Gasteiger partial charge in [-0.1, -0.05) is 34.6 Å². The van der Waals surface area contributed by atoms with Gasteiger partial charge in [0.25, 0.3) is 0 Å². The van der Waals surface area contributed by atoms with Crippen LogP contribution in [0.25, 0.3) is 0 Å². The average Bonchev–Trinajstić information content (AvgIpc) is 1.95. The van der Waals surface area contributed by atoms with Crippen LogP contribution in [-0.2, 0) is 9.09 Å². The fraction of sp³-hybridized carbons (Fsp3) is 1.00. The van der Waals surface area contributed by atoms with Gasteiger partial charge < -0.3 is 9.79 Å². The van der Waals surface area contributed by atoms with Crippen LogP contribution in [0, 0.1) is 17.8 Å². The maximum Gasteiger partial charge on any atom is 0.469 e. The molecule has 0 fully saturated rings. The molecule has 0 saturated carbocycles. The minimum atomic E-state index is -4.37. The summed E-state index contributed by atoms with van der Waals surface area (Å²) in [4.78, 5) is 17.8. The fourth-order valence-electron chi connectivity index (χ4n) is 2.25. The van der Waals surface area contributed by atoms with E-state index >= 15 is 0 Å². The van der Waals surface area contributed by atoms with E-state index in [1.54, 1.807) is 0 Å². The summed E-state index contributed by atoms with van der Waals surface area (Å²) in [5.74, 6) is 1.39. The van der Waals surface area contributed by atoms with Crippen molar-refractivity contribution in [2.24, 2.45) is 17.8 Å². The van der Waals surface area contributed by atoms with Gasteiger partial charge in [-0.25, -0.2) is 4.57 Å². The Hall–Kier alpha value is 1.75. The van der Waals surface area contributed by atoms with Gasteiger partial charge in [0.15, 0.2) is 0 Å². The van der Waals surface area contributed by atoms with Gasteiger partial charge in [-0.15, -0.1) is 0 Å². The van der Waals surface area contributed by atoms with E-state index in [2.05, 4.69) is 20.8 Å². The van der Waals surface area contributed by atoms with Gasteiger partial charge in [-0.2, -0.15) is 0 Å². The summed E-state index contributed by atoms with van der Waals surface area (Å²) >= 11 is 0. The van der Waals surface area contributed by atoms with E-state index in [1.165, 1.54) is 0 Å². The smallest absolute Gasteiger partial charge is 0.303 e. The summed E-state index contributed by atoms with van der Waals surface area (Å²) in [5.41, 5.74) is 0. The van der Waals surface area contributed by atoms with Crippen LogP contribution >= 0.6 is 7.82 Å². The average molecular weight is 305 g/mol. The zero-order chi connectivity index (χ0) is 13.6. The molecule has 0 amide bonds. The second-order valence-corrected chi connectivity index (χ2v) is 7.01. The van der Waals surface area contributed by atoms with E-state index in [0.29, 0.717) is 30.6 Å². The van der Waals surface area contributed by atoms with Gasteiger partial charge in [0.2, 0.25) is 0 Å². The Morgan fingerprint density at radius 2 is 1.39 bits per heavy atom. The standard InChI is InChI=1S/C12H27O4P.K/c1-9(2)6-11(5)8-12(7-10(3)4)16-17(13,14)15;/h9-12H,6-8H2,1-5H3,(H2,13,14,15);. The molecule has 0 aromatic carbocycles. The van der Waals surface area contributed by atoms with Gasteiger partial charge in [-0.3, -0.25) is 4.52 Å². The molecule has 0 aromatic rings. The Bertz CT molecular complexity index is 252. The number of hydrogen-bond donors (Lipinski definition) is 2. The predicted molar refractivity (Wildman–Crippen MR) is 75.4 cm³/mol. The molecule has 18 heavy (non-hydrogen) atoms.